The molecule has 0 aromatic heterocycles. The predicted octanol–water partition coefficient (Wildman–Crippen LogP) is 3.09. The lowest BCUT2D eigenvalue weighted by atomic mass is 9.96. The quantitative estimate of drug-likeness (QED) is 0.795. The minimum absolute atomic E-state index is 0.877. The zero-order valence-electron chi connectivity index (χ0n) is 12.7. The van der Waals surface area contributed by atoms with E-state index >= 15 is 0 Å². The van der Waals surface area contributed by atoms with E-state index in [0.717, 1.165) is 19.0 Å². The second kappa shape index (κ2) is 7.06. The first kappa shape index (κ1) is 14.5. The average molecular weight is 260 g/mol. The van der Waals surface area contributed by atoms with Crippen LogP contribution in [0.4, 0.5) is 0 Å². The topological polar surface area (TPSA) is 24.1 Å². The van der Waals surface area contributed by atoms with Crippen LogP contribution in [0.15, 0.2) is 12.1 Å². The highest BCUT2D eigenvalue weighted by atomic mass is 14.9. The Hall–Kier alpha value is -0.860. The summed E-state index contributed by atoms with van der Waals surface area (Å²) in [6, 6.07) is 4.51. The Morgan fingerprint density at radius 2 is 2.05 bits per heavy atom. The highest BCUT2D eigenvalue weighted by molar-refractivity contribution is 5.38. The molecule has 1 aliphatic heterocycles. The molecular weight excluding hydrogens is 232 g/mol. The van der Waals surface area contributed by atoms with Crippen LogP contribution in [0.25, 0.3) is 0 Å². The number of aryl methyl sites for hydroxylation is 1. The van der Waals surface area contributed by atoms with Gasteiger partial charge in [-0.3, -0.25) is 0 Å². The normalized spacial score (nSPS) is 19.6. The van der Waals surface area contributed by atoms with Gasteiger partial charge in [0.2, 0.25) is 0 Å². The van der Waals surface area contributed by atoms with E-state index < -0.39 is 0 Å². The van der Waals surface area contributed by atoms with Crippen molar-refractivity contribution in [2.75, 3.05) is 19.6 Å². The molecule has 2 heteroatoms. The van der Waals surface area contributed by atoms with Crippen LogP contribution < -0.4 is 10.6 Å². The van der Waals surface area contributed by atoms with Crippen molar-refractivity contribution >= 4 is 0 Å². The summed E-state index contributed by atoms with van der Waals surface area (Å²) in [6.45, 7) is 11.2. The summed E-state index contributed by atoms with van der Waals surface area (Å²) in [5, 5.41) is 7.10. The van der Waals surface area contributed by atoms with E-state index in [2.05, 4.69) is 43.5 Å². The molecule has 2 rings (SSSR count). The number of nitrogens with one attached hydrogen (secondary N) is 2. The smallest absolute Gasteiger partial charge is 0.0208 e. The van der Waals surface area contributed by atoms with E-state index in [4.69, 9.17) is 0 Å². The maximum atomic E-state index is 3.61. The van der Waals surface area contributed by atoms with Crippen LogP contribution in [0.2, 0.25) is 0 Å². The molecule has 1 aromatic carbocycles. The highest BCUT2D eigenvalue weighted by Gasteiger charge is 2.12. The van der Waals surface area contributed by atoms with Crippen LogP contribution in [0, 0.1) is 26.7 Å². The third-order valence-corrected chi connectivity index (χ3v) is 4.61. The van der Waals surface area contributed by atoms with Crippen molar-refractivity contribution in [1.82, 2.24) is 10.6 Å². The number of piperidine rings is 1. The van der Waals surface area contributed by atoms with Crippen molar-refractivity contribution in [1.29, 1.82) is 0 Å². The summed E-state index contributed by atoms with van der Waals surface area (Å²) in [6.07, 6.45) is 4.05. The van der Waals surface area contributed by atoms with Crippen molar-refractivity contribution in [3.63, 3.8) is 0 Å². The van der Waals surface area contributed by atoms with Crippen molar-refractivity contribution in [2.45, 2.75) is 46.6 Å². The standard InChI is InChI=1S/C17H28N2/c1-13-6-7-17(15(3)14(13)2)12-19-10-8-16-5-4-9-18-11-16/h6-7,16,18-19H,4-5,8-12H2,1-3H3. The van der Waals surface area contributed by atoms with Gasteiger partial charge in [-0.2, -0.15) is 0 Å². The molecule has 106 valence electrons. The van der Waals surface area contributed by atoms with Gasteiger partial charge in [0.05, 0.1) is 0 Å². The van der Waals surface area contributed by atoms with Gasteiger partial charge >= 0.3 is 0 Å². The second-order valence-corrected chi connectivity index (χ2v) is 5.97. The molecule has 1 heterocycles. The van der Waals surface area contributed by atoms with Gasteiger partial charge in [0, 0.05) is 6.54 Å². The fraction of sp³-hybridized carbons (Fsp3) is 0.647. The van der Waals surface area contributed by atoms with Crippen molar-refractivity contribution < 1.29 is 0 Å². The van der Waals surface area contributed by atoms with Gasteiger partial charge in [-0.05, 0) is 87.8 Å². The Labute approximate surface area is 118 Å². The summed E-state index contributed by atoms with van der Waals surface area (Å²) in [7, 11) is 0. The van der Waals surface area contributed by atoms with E-state index in [-0.39, 0.29) is 0 Å². The minimum Gasteiger partial charge on any atom is -0.316 e. The molecule has 0 radical (unpaired) electrons. The van der Waals surface area contributed by atoms with E-state index in [9.17, 15) is 0 Å². The molecule has 1 fully saturated rings. The lowest BCUT2D eigenvalue weighted by molar-refractivity contribution is 0.352. The first-order valence-corrected chi connectivity index (χ1v) is 7.65. The van der Waals surface area contributed by atoms with Crippen LogP contribution in [-0.2, 0) is 6.54 Å². The van der Waals surface area contributed by atoms with Crippen LogP contribution in [-0.4, -0.2) is 19.6 Å². The Balaban J connectivity index is 1.75. The molecule has 0 bridgehead atoms. The van der Waals surface area contributed by atoms with Gasteiger partial charge in [-0.1, -0.05) is 12.1 Å². The van der Waals surface area contributed by atoms with E-state index in [1.807, 2.05) is 0 Å². The largest absolute Gasteiger partial charge is 0.316 e. The summed E-state index contributed by atoms with van der Waals surface area (Å²) in [5.74, 6) is 0.877. The van der Waals surface area contributed by atoms with Gasteiger partial charge in [0.1, 0.15) is 0 Å². The number of hydrogen-bond acceptors (Lipinski definition) is 2. The third-order valence-electron chi connectivity index (χ3n) is 4.61. The molecular formula is C17H28N2. The third kappa shape index (κ3) is 4.05. The lowest BCUT2D eigenvalue weighted by Gasteiger charge is -2.22. The Morgan fingerprint density at radius 3 is 2.79 bits per heavy atom. The lowest BCUT2D eigenvalue weighted by Crippen LogP contribution is -2.31. The molecule has 1 unspecified atom stereocenters. The van der Waals surface area contributed by atoms with Gasteiger partial charge in [0.25, 0.3) is 0 Å². The molecule has 1 aromatic rings. The first-order chi connectivity index (χ1) is 9.18. The zero-order chi connectivity index (χ0) is 13.7. The fourth-order valence-corrected chi connectivity index (χ4v) is 2.90. The molecule has 2 nitrogen and oxygen atoms in total. The van der Waals surface area contributed by atoms with E-state index in [1.54, 1.807) is 0 Å². The highest BCUT2D eigenvalue weighted by Crippen LogP contribution is 2.17. The molecule has 0 spiro atoms. The van der Waals surface area contributed by atoms with Gasteiger partial charge in [0.15, 0.2) is 0 Å². The van der Waals surface area contributed by atoms with Crippen LogP contribution in [0.5, 0.6) is 0 Å². The van der Waals surface area contributed by atoms with Crippen LogP contribution in [0.1, 0.15) is 41.5 Å². The SMILES string of the molecule is Cc1ccc(CNCCC2CCCNC2)c(C)c1C. The minimum atomic E-state index is 0.877. The van der Waals surface area contributed by atoms with E-state index in [0.29, 0.717) is 0 Å². The fourth-order valence-electron chi connectivity index (χ4n) is 2.90. The summed E-state index contributed by atoms with van der Waals surface area (Å²) >= 11 is 0. The summed E-state index contributed by atoms with van der Waals surface area (Å²) in [4.78, 5) is 0. The Bertz CT molecular complexity index is 406. The van der Waals surface area contributed by atoms with Gasteiger partial charge in [-0.25, -0.2) is 0 Å². The number of hydrogen-bond donors (Lipinski definition) is 2. The molecule has 0 amide bonds. The molecule has 1 aliphatic rings. The van der Waals surface area contributed by atoms with Crippen LogP contribution in [0.3, 0.4) is 0 Å². The predicted molar refractivity (Wildman–Crippen MR) is 82.6 cm³/mol. The maximum Gasteiger partial charge on any atom is 0.0208 e. The molecule has 0 saturated carbocycles. The van der Waals surface area contributed by atoms with Crippen molar-refractivity contribution in [3.05, 3.63) is 34.4 Å². The Morgan fingerprint density at radius 1 is 1.21 bits per heavy atom. The van der Waals surface area contributed by atoms with Gasteiger partial charge < -0.3 is 10.6 Å². The monoisotopic (exact) mass is 260 g/mol. The van der Waals surface area contributed by atoms with Gasteiger partial charge in [-0.15, -0.1) is 0 Å². The number of rotatable bonds is 5. The maximum absolute atomic E-state index is 3.61. The number of benzene rings is 1. The Kier molecular flexibility index (Phi) is 5.41. The molecule has 1 atom stereocenters. The summed E-state index contributed by atoms with van der Waals surface area (Å²) < 4.78 is 0. The van der Waals surface area contributed by atoms with Crippen LogP contribution >= 0.6 is 0 Å². The summed E-state index contributed by atoms with van der Waals surface area (Å²) in [5.41, 5.74) is 5.74. The molecule has 2 N–H and O–H groups in total. The first-order valence-electron chi connectivity index (χ1n) is 7.65. The average Bonchev–Trinajstić information content (AvgIpc) is 2.44. The molecule has 0 aliphatic carbocycles. The molecule has 1 saturated heterocycles. The molecule has 19 heavy (non-hydrogen) atoms. The van der Waals surface area contributed by atoms with Crippen molar-refractivity contribution in [3.8, 4) is 0 Å². The second-order valence-electron chi connectivity index (χ2n) is 5.97. The zero-order valence-corrected chi connectivity index (χ0v) is 12.7. The van der Waals surface area contributed by atoms with E-state index in [1.165, 1.54) is 54.6 Å². The van der Waals surface area contributed by atoms with Crippen molar-refractivity contribution in [2.24, 2.45) is 5.92 Å².